The van der Waals surface area contributed by atoms with E-state index in [9.17, 15) is 9.90 Å². The van der Waals surface area contributed by atoms with Gasteiger partial charge in [0, 0.05) is 12.1 Å². The lowest BCUT2D eigenvalue weighted by Gasteiger charge is -2.41. The Morgan fingerprint density at radius 1 is 1.38 bits per heavy atom. The van der Waals surface area contributed by atoms with Gasteiger partial charge in [-0.05, 0) is 57.8 Å². The number of carbonyl (C=O) groups is 1. The number of aliphatic hydroxyl groups is 1. The average molecular weight is 336 g/mol. The fraction of sp³-hybridized carbons (Fsp3) is 0.789. The van der Waals surface area contributed by atoms with Crippen molar-refractivity contribution in [3.05, 3.63) is 17.0 Å². The van der Waals surface area contributed by atoms with E-state index in [-0.39, 0.29) is 17.2 Å². The van der Waals surface area contributed by atoms with Crippen LogP contribution >= 0.6 is 0 Å². The van der Waals surface area contributed by atoms with Crippen LogP contribution in [0.1, 0.15) is 76.3 Å². The van der Waals surface area contributed by atoms with Crippen LogP contribution in [-0.4, -0.2) is 28.3 Å². The zero-order valence-corrected chi connectivity index (χ0v) is 15.9. The molecule has 0 aliphatic heterocycles. The van der Waals surface area contributed by atoms with Crippen LogP contribution in [0.25, 0.3) is 0 Å². The molecule has 1 heterocycles. The van der Waals surface area contributed by atoms with Gasteiger partial charge in [0.2, 0.25) is 5.91 Å². The van der Waals surface area contributed by atoms with Crippen molar-refractivity contribution >= 4 is 5.91 Å². The molecule has 0 aromatic carbocycles. The molecule has 1 saturated carbocycles. The van der Waals surface area contributed by atoms with Crippen molar-refractivity contribution < 1.29 is 14.4 Å². The van der Waals surface area contributed by atoms with E-state index in [2.05, 4.69) is 31.2 Å². The van der Waals surface area contributed by atoms with E-state index in [0.29, 0.717) is 18.2 Å². The highest BCUT2D eigenvalue weighted by atomic mass is 16.5. The van der Waals surface area contributed by atoms with Gasteiger partial charge in [0.15, 0.2) is 0 Å². The second kappa shape index (κ2) is 6.87. The van der Waals surface area contributed by atoms with E-state index >= 15 is 0 Å². The highest BCUT2D eigenvalue weighted by Crippen LogP contribution is 2.41. The zero-order chi connectivity index (χ0) is 18.1. The summed E-state index contributed by atoms with van der Waals surface area (Å²) in [6.45, 7) is 12.6. The van der Waals surface area contributed by atoms with Crippen LogP contribution < -0.4 is 5.32 Å². The fourth-order valence-corrected chi connectivity index (χ4v) is 3.84. The van der Waals surface area contributed by atoms with Crippen molar-refractivity contribution in [3.63, 3.8) is 0 Å². The number of carbonyl (C=O) groups excluding carboxylic acids is 1. The molecule has 0 unspecified atom stereocenters. The number of amides is 1. The Kier molecular flexibility index (Phi) is 5.43. The Hall–Kier alpha value is -1.36. The third-order valence-corrected chi connectivity index (χ3v) is 5.65. The van der Waals surface area contributed by atoms with Gasteiger partial charge in [0.05, 0.1) is 17.2 Å². The lowest BCUT2D eigenvalue weighted by molar-refractivity contribution is -0.124. The normalized spacial score (nSPS) is 26.2. The lowest BCUT2D eigenvalue weighted by atomic mass is 9.68. The third kappa shape index (κ3) is 4.18. The van der Waals surface area contributed by atoms with Gasteiger partial charge in [-0.25, -0.2) is 0 Å². The SMILES string of the molecule is Cc1noc(C)c1[C@H](C)C(=O)NCC1(O)CCC(C(C)(C)C)CC1. The molecule has 1 aliphatic carbocycles. The summed E-state index contributed by atoms with van der Waals surface area (Å²) in [5.41, 5.74) is 1.09. The second-order valence-electron chi connectivity index (χ2n) is 8.54. The first-order valence-corrected chi connectivity index (χ1v) is 8.96. The molecule has 1 aromatic rings. The lowest BCUT2D eigenvalue weighted by Crippen LogP contribution is -2.47. The molecule has 2 N–H and O–H groups in total. The molecule has 1 amide bonds. The molecule has 1 aliphatic rings. The van der Waals surface area contributed by atoms with Crippen LogP contribution in [0.15, 0.2) is 4.52 Å². The summed E-state index contributed by atoms with van der Waals surface area (Å²) >= 11 is 0. The van der Waals surface area contributed by atoms with Gasteiger partial charge in [-0.3, -0.25) is 4.79 Å². The van der Waals surface area contributed by atoms with Crippen LogP contribution in [0.2, 0.25) is 0 Å². The minimum atomic E-state index is -0.782. The molecule has 0 saturated heterocycles. The highest BCUT2D eigenvalue weighted by Gasteiger charge is 2.37. The predicted octanol–water partition coefficient (Wildman–Crippen LogP) is 3.48. The number of aryl methyl sites for hydroxylation is 2. The summed E-state index contributed by atoms with van der Waals surface area (Å²) in [4.78, 5) is 12.5. The molecular weight excluding hydrogens is 304 g/mol. The number of hydrogen-bond donors (Lipinski definition) is 2. The first kappa shape index (κ1) is 19.0. The minimum absolute atomic E-state index is 0.0873. The van der Waals surface area contributed by atoms with E-state index in [1.165, 1.54) is 0 Å². The number of rotatable bonds is 4. The molecular formula is C19H32N2O3. The van der Waals surface area contributed by atoms with Crippen molar-refractivity contribution in [2.75, 3.05) is 6.54 Å². The maximum atomic E-state index is 12.5. The number of hydrogen-bond acceptors (Lipinski definition) is 4. The van der Waals surface area contributed by atoms with E-state index in [1.807, 2.05) is 20.8 Å². The Morgan fingerprint density at radius 3 is 2.42 bits per heavy atom. The van der Waals surface area contributed by atoms with E-state index in [1.54, 1.807) is 0 Å². The molecule has 1 atom stereocenters. The molecule has 1 fully saturated rings. The second-order valence-corrected chi connectivity index (χ2v) is 8.54. The van der Waals surface area contributed by atoms with Gasteiger partial charge in [-0.1, -0.05) is 25.9 Å². The van der Waals surface area contributed by atoms with E-state index < -0.39 is 5.60 Å². The van der Waals surface area contributed by atoms with Crippen LogP contribution in [-0.2, 0) is 4.79 Å². The number of nitrogens with one attached hydrogen (secondary N) is 1. The predicted molar refractivity (Wildman–Crippen MR) is 93.8 cm³/mol. The van der Waals surface area contributed by atoms with Crippen molar-refractivity contribution in [2.45, 2.75) is 78.7 Å². The zero-order valence-electron chi connectivity index (χ0n) is 15.9. The third-order valence-electron chi connectivity index (χ3n) is 5.65. The summed E-state index contributed by atoms with van der Waals surface area (Å²) < 4.78 is 5.15. The standard InChI is InChI=1S/C19H32N2O3/c1-12(16-13(2)21-24-14(16)3)17(22)20-11-19(23)9-7-15(8-10-19)18(4,5)6/h12,15,23H,7-11H2,1-6H3,(H,20,22)/t12-,15?,19?/m0/s1. The van der Waals surface area contributed by atoms with Gasteiger partial charge < -0.3 is 14.9 Å². The fourth-order valence-electron chi connectivity index (χ4n) is 3.84. The van der Waals surface area contributed by atoms with Crippen LogP contribution in [0.5, 0.6) is 0 Å². The summed E-state index contributed by atoms with van der Waals surface area (Å²) in [6, 6.07) is 0. The molecule has 1 aromatic heterocycles. The van der Waals surface area contributed by atoms with Gasteiger partial charge >= 0.3 is 0 Å². The minimum Gasteiger partial charge on any atom is -0.388 e. The van der Waals surface area contributed by atoms with Gasteiger partial charge in [-0.15, -0.1) is 0 Å². The van der Waals surface area contributed by atoms with Gasteiger partial charge in [0.1, 0.15) is 5.76 Å². The van der Waals surface area contributed by atoms with E-state index in [4.69, 9.17) is 4.52 Å². The Morgan fingerprint density at radius 2 is 1.96 bits per heavy atom. The Bertz CT molecular complexity index is 558. The van der Waals surface area contributed by atoms with Gasteiger partial charge in [-0.2, -0.15) is 0 Å². The van der Waals surface area contributed by atoms with Gasteiger partial charge in [0.25, 0.3) is 0 Å². The van der Waals surface area contributed by atoms with E-state index in [0.717, 1.165) is 36.9 Å². The quantitative estimate of drug-likeness (QED) is 0.882. The first-order chi connectivity index (χ1) is 11.0. The summed E-state index contributed by atoms with van der Waals surface area (Å²) in [6.07, 6.45) is 3.51. The molecule has 136 valence electrons. The molecule has 5 nitrogen and oxygen atoms in total. The maximum absolute atomic E-state index is 12.5. The molecule has 0 radical (unpaired) electrons. The summed E-state index contributed by atoms with van der Waals surface area (Å²) in [5, 5.41) is 17.6. The maximum Gasteiger partial charge on any atom is 0.227 e. The molecule has 2 rings (SSSR count). The first-order valence-electron chi connectivity index (χ1n) is 8.96. The number of aromatic nitrogens is 1. The van der Waals surface area contributed by atoms with Crippen LogP contribution in [0, 0.1) is 25.2 Å². The molecule has 5 heteroatoms. The Labute approximate surface area is 145 Å². The molecule has 0 bridgehead atoms. The average Bonchev–Trinajstić information content (AvgIpc) is 2.83. The highest BCUT2D eigenvalue weighted by molar-refractivity contribution is 5.83. The summed E-state index contributed by atoms with van der Waals surface area (Å²) in [7, 11) is 0. The van der Waals surface area contributed by atoms with Crippen LogP contribution in [0.3, 0.4) is 0 Å². The topological polar surface area (TPSA) is 75.4 Å². The molecule has 0 spiro atoms. The van der Waals surface area contributed by atoms with Crippen LogP contribution in [0.4, 0.5) is 0 Å². The smallest absolute Gasteiger partial charge is 0.227 e. The molecule has 24 heavy (non-hydrogen) atoms. The summed E-state index contributed by atoms with van der Waals surface area (Å²) in [5.74, 6) is 0.899. The Balaban J connectivity index is 1.90. The van der Waals surface area contributed by atoms with Crippen molar-refractivity contribution in [2.24, 2.45) is 11.3 Å². The monoisotopic (exact) mass is 336 g/mol. The van der Waals surface area contributed by atoms with Crippen molar-refractivity contribution in [3.8, 4) is 0 Å². The largest absolute Gasteiger partial charge is 0.388 e. The van der Waals surface area contributed by atoms with Crippen molar-refractivity contribution in [1.29, 1.82) is 0 Å². The number of nitrogens with zero attached hydrogens (tertiary/aromatic N) is 1. The van der Waals surface area contributed by atoms with Crippen molar-refractivity contribution in [1.82, 2.24) is 10.5 Å².